The van der Waals surface area contributed by atoms with Crippen LogP contribution >= 0.6 is 0 Å². The number of benzene rings is 3. The molecule has 0 aliphatic carbocycles. The van der Waals surface area contributed by atoms with E-state index in [2.05, 4.69) is 68.6 Å². The largest absolute Gasteiger partial charge is 0.387 e. The molecule has 0 bridgehead atoms. The van der Waals surface area contributed by atoms with Gasteiger partial charge in [-0.3, -0.25) is 0 Å². The van der Waals surface area contributed by atoms with Crippen LogP contribution in [-0.2, 0) is 0 Å². The third-order valence-corrected chi connectivity index (χ3v) is 3.98. The van der Waals surface area contributed by atoms with Crippen LogP contribution in [0.3, 0.4) is 0 Å². The minimum Gasteiger partial charge on any atom is -0.387 e. The smallest absolute Gasteiger partial charge is 0.0920 e. The molecule has 0 saturated heterocycles. The van der Waals surface area contributed by atoms with Gasteiger partial charge in [0.1, 0.15) is 0 Å². The van der Waals surface area contributed by atoms with Crippen molar-refractivity contribution in [1.29, 1.82) is 0 Å². The average Bonchev–Trinajstić information content (AvgIpc) is 2.51. The molecule has 1 atom stereocenters. The fraction of sp³-hybridized carbons (Fsp3) is 0.300. The Bertz CT molecular complexity index is 802. The van der Waals surface area contributed by atoms with Gasteiger partial charge in [-0.05, 0) is 53.9 Å². The van der Waals surface area contributed by atoms with E-state index in [1.165, 1.54) is 16.2 Å². The second kappa shape index (κ2) is 5.71. The van der Waals surface area contributed by atoms with Crippen LogP contribution in [0.15, 0.2) is 54.6 Å². The van der Waals surface area contributed by atoms with Crippen molar-refractivity contribution in [3.8, 4) is 0 Å². The van der Waals surface area contributed by atoms with E-state index >= 15 is 0 Å². The molecule has 3 aromatic rings. The van der Waals surface area contributed by atoms with Gasteiger partial charge < -0.3 is 10.4 Å². The molecule has 0 radical (unpaired) electrons. The number of aliphatic hydroxyl groups excluding tert-OH is 1. The Morgan fingerprint density at radius 3 is 2.18 bits per heavy atom. The van der Waals surface area contributed by atoms with Crippen LogP contribution in [0.25, 0.3) is 21.5 Å². The van der Waals surface area contributed by atoms with Gasteiger partial charge in [0.15, 0.2) is 0 Å². The number of fused-ring (bicyclic) bond motifs is 3. The van der Waals surface area contributed by atoms with Crippen LogP contribution < -0.4 is 5.32 Å². The van der Waals surface area contributed by atoms with Gasteiger partial charge in [-0.1, -0.05) is 48.5 Å². The molecule has 0 aliphatic rings. The van der Waals surface area contributed by atoms with Crippen molar-refractivity contribution in [3.63, 3.8) is 0 Å². The maximum absolute atomic E-state index is 10.7. The lowest BCUT2D eigenvalue weighted by Crippen LogP contribution is -2.38. The van der Waals surface area contributed by atoms with Crippen molar-refractivity contribution in [1.82, 2.24) is 5.32 Å². The van der Waals surface area contributed by atoms with E-state index in [4.69, 9.17) is 0 Å². The Morgan fingerprint density at radius 2 is 1.50 bits per heavy atom. The van der Waals surface area contributed by atoms with Gasteiger partial charge >= 0.3 is 0 Å². The van der Waals surface area contributed by atoms with Crippen molar-refractivity contribution in [3.05, 3.63) is 60.2 Å². The molecule has 2 nitrogen and oxygen atoms in total. The monoisotopic (exact) mass is 293 g/mol. The molecule has 0 aromatic heterocycles. The molecular weight excluding hydrogens is 270 g/mol. The maximum atomic E-state index is 10.7. The first kappa shape index (κ1) is 15.0. The highest BCUT2D eigenvalue weighted by atomic mass is 16.3. The van der Waals surface area contributed by atoms with E-state index in [0.29, 0.717) is 6.54 Å². The van der Waals surface area contributed by atoms with Gasteiger partial charge in [0.05, 0.1) is 6.10 Å². The summed E-state index contributed by atoms with van der Waals surface area (Å²) in [7, 11) is 0. The number of hydrogen-bond donors (Lipinski definition) is 2. The van der Waals surface area contributed by atoms with Crippen molar-refractivity contribution in [2.45, 2.75) is 32.4 Å². The van der Waals surface area contributed by atoms with Crippen molar-refractivity contribution >= 4 is 21.5 Å². The lowest BCUT2D eigenvalue weighted by atomic mass is 9.94. The summed E-state index contributed by atoms with van der Waals surface area (Å²) in [6.07, 6.45) is -0.520. The Hall–Kier alpha value is -1.90. The summed E-state index contributed by atoms with van der Waals surface area (Å²) in [5.41, 5.74) is 0.985. The summed E-state index contributed by atoms with van der Waals surface area (Å²) in [6.45, 7) is 6.88. The normalized spacial score (nSPS) is 13.6. The van der Waals surface area contributed by atoms with Gasteiger partial charge in [0.2, 0.25) is 0 Å². The van der Waals surface area contributed by atoms with E-state index in [9.17, 15) is 5.11 Å². The first-order valence-corrected chi connectivity index (χ1v) is 7.79. The fourth-order valence-corrected chi connectivity index (χ4v) is 2.87. The molecule has 0 heterocycles. The average molecular weight is 293 g/mol. The zero-order valence-corrected chi connectivity index (χ0v) is 13.4. The molecule has 1 unspecified atom stereocenters. The van der Waals surface area contributed by atoms with Crippen LogP contribution in [0.2, 0.25) is 0 Å². The second-order valence-corrected chi connectivity index (χ2v) is 6.88. The van der Waals surface area contributed by atoms with E-state index < -0.39 is 6.10 Å². The van der Waals surface area contributed by atoms with Crippen LogP contribution in [0.4, 0.5) is 0 Å². The third-order valence-electron chi connectivity index (χ3n) is 3.98. The summed E-state index contributed by atoms with van der Waals surface area (Å²) in [4.78, 5) is 0. The molecule has 2 heteroatoms. The van der Waals surface area contributed by atoms with Crippen molar-refractivity contribution in [2.24, 2.45) is 0 Å². The lowest BCUT2D eigenvalue weighted by molar-refractivity contribution is 0.165. The van der Waals surface area contributed by atoms with Crippen LogP contribution in [0.1, 0.15) is 32.4 Å². The molecular formula is C20H23NO. The van der Waals surface area contributed by atoms with E-state index in [1.807, 2.05) is 12.1 Å². The van der Waals surface area contributed by atoms with Gasteiger partial charge in [0, 0.05) is 12.1 Å². The van der Waals surface area contributed by atoms with Gasteiger partial charge in [0.25, 0.3) is 0 Å². The summed E-state index contributed by atoms with van der Waals surface area (Å²) in [6, 6.07) is 18.8. The SMILES string of the molecule is CC(C)(C)NCC(O)c1cc2ccccc2c2ccccc12. The molecule has 114 valence electrons. The number of β-amino-alcohol motifs (C(OH)–C–C–N with tert-alkyl or cyclic N) is 1. The Balaban J connectivity index is 2.11. The van der Waals surface area contributed by atoms with Gasteiger partial charge in [-0.2, -0.15) is 0 Å². The molecule has 0 aliphatic heterocycles. The van der Waals surface area contributed by atoms with Gasteiger partial charge in [-0.25, -0.2) is 0 Å². The molecule has 3 aromatic carbocycles. The van der Waals surface area contributed by atoms with Crippen LogP contribution in [0, 0.1) is 0 Å². The van der Waals surface area contributed by atoms with Crippen molar-refractivity contribution in [2.75, 3.05) is 6.54 Å². The highest BCUT2D eigenvalue weighted by molar-refractivity contribution is 6.09. The van der Waals surface area contributed by atoms with Crippen LogP contribution in [-0.4, -0.2) is 17.2 Å². The zero-order chi connectivity index (χ0) is 15.7. The Morgan fingerprint density at radius 1 is 0.909 bits per heavy atom. The maximum Gasteiger partial charge on any atom is 0.0920 e. The predicted molar refractivity (Wildman–Crippen MR) is 94.2 cm³/mol. The number of rotatable bonds is 3. The molecule has 2 N–H and O–H groups in total. The van der Waals surface area contributed by atoms with E-state index in [-0.39, 0.29) is 5.54 Å². The standard InChI is InChI=1S/C20H23NO/c1-20(2,3)21-13-19(22)18-12-14-8-4-5-9-15(14)16-10-6-7-11-17(16)18/h4-12,19,21-22H,13H2,1-3H3. The van der Waals surface area contributed by atoms with Crippen LogP contribution in [0.5, 0.6) is 0 Å². The van der Waals surface area contributed by atoms with E-state index in [1.54, 1.807) is 0 Å². The Kier molecular flexibility index (Phi) is 3.90. The fourth-order valence-electron chi connectivity index (χ4n) is 2.87. The number of nitrogens with one attached hydrogen (secondary N) is 1. The van der Waals surface area contributed by atoms with Crippen molar-refractivity contribution < 1.29 is 5.11 Å². The summed E-state index contributed by atoms with van der Waals surface area (Å²) < 4.78 is 0. The van der Waals surface area contributed by atoms with Gasteiger partial charge in [-0.15, -0.1) is 0 Å². The molecule has 0 spiro atoms. The number of hydrogen-bond acceptors (Lipinski definition) is 2. The quantitative estimate of drug-likeness (QED) is 0.701. The zero-order valence-electron chi connectivity index (χ0n) is 13.4. The molecule has 0 saturated carbocycles. The highest BCUT2D eigenvalue weighted by Crippen LogP contribution is 2.31. The molecule has 0 amide bonds. The highest BCUT2D eigenvalue weighted by Gasteiger charge is 2.16. The second-order valence-electron chi connectivity index (χ2n) is 6.88. The predicted octanol–water partition coefficient (Wildman–Crippen LogP) is 4.41. The molecule has 0 fully saturated rings. The minimum absolute atomic E-state index is 0.00632. The first-order chi connectivity index (χ1) is 10.5. The van der Waals surface area contributed by atoms with E-state index in [0.717, 1.165) is 10.9 Å². The lowest BCUT2D eigenvalue weighted by Gasteiger charge is -2.24. The molecule has 22 heavy (non-hydrogen) atoms. The summed E-state index contributed by atoms with van der Waals surface area (Å²) >= 11 is 0. The number of aliphatic hydroxyl groups is 1. The summed E-state index contributed by atoms with van der Waals surface area (Å²) in [5.74, 6) is 0. The minimum atomic E-state index is -0.520. The molecule has 3 rings (SSSR count). The third kappa shape index (κ3) is 2.99. The summed E-state index contributed by atoms with van der Waals surface area (Å²) in [5, 5.41) is 18.8. The first-order valence-electron chi connectivity index (χ1n) is 7.79. The Labute approximate surface area is 131 Å². The topological polar surface area (TPSA) is 32.3 Å².